The molecule has 1 aliphatic heterocycles. The molecule has 1 aromatic heterocycles. The number of aliphatic hydroxyl groups excluding tert-OH is 1. The van der Waals surface area contributed by atoms with Crippen molar-refractivity contribution in [2.75, 3.05) is 6.61 Å². The van der Waals surface area contributed by atoms with Gasteiger partial charge in [0.05, 0.1) is 11.2 Å². The maximum absolute atomic E-state index is 13.8. The van der Waals surface area contributed by atoms with Crippen LogP contribution in [-0.2, 0) is 17.3 Å². The summed E-state index contributed by atoms with van der Waals surface area (Å²) in [7, 11) is 2.02. The molecule has 5 rings (SSSR count). The molecule has 5 nitrogen and oxygen atoms in total. The predicted molar refractivity (Wildman–Crippen MR) is 123 cm³/mol. The molecule has 2 bridgehead atoms. The molecule has 2 aliphatic carbocycles. The van der Waals surface area contributed by atoms with Crippen LogP contribution in [0.15, 0.2) is 18.2 Å². The zero-order chi connectivity index (χ0) is 21.8. The molecule has 31 heavy (non-hydrogen) atoms. The molecule has 0 radical (unpaired) electrons. The van der Waals surface area contributed by atoms with E-state index < -0.39 is 0 Å². The summed E-state index contributed by atoms with van der Waals surface area (Å²) in [4.78, 5) is 15.9. The summed E-state index contributed by atoms with van der Waals surface area (Å²) >= 11 is 0. The van der Waals surface area contributed by atoms with Gasteiger partial charge in [-0.2, -0.15) is 5.10 Å². The Kier molecular flexibility index (Phi) is 5.36. The number of nitrogens with zero attached hydrogens (tertiary/aromatic N) is 3. The van der Waals surface area contributed by atoms with E-state index in [0.29, 0.717) is 24.8 Å². The number of aromatic nitrogens is 2. The van der Waals surface area contributed by atoms with Crippen molar-refractivity contribution in [2.24, 2.45) is 13.0 Å². The van der Waals surface area contributed by atoms with Crippen molar-refractivity contribution in [3.05, 3.63) is 29.5 Å². The molecule has 168 valence electrons. The highest BCUT2D eigenvalue weighted by atomic mass is 16.3. The maximum atomic E-state index is 13.8. The fraction of sp³-hybridized carbons (Fsp3) is 0.692. The third-order valence-corrected chi connectivity index (χ3v) is 8.06. The van der Waals surface area contributed by atoms with Crippen LogP contribution in [0.2, 0.25) is 0 Å². The molecule has 1 saturated heterocycles. The first-order valence-corrected chi connectivity index (χ1v) is 12.3. The van der Waals surface area contributed by atoms with Gasteiger partial charge in [-0.3, -0.25) is 9.48 Å². The Bertz CT molecular complexity index is 974. The first kappa shape index (κ1) is 21.0. The molecule has 2 heterocycles. The van der Waals surface area contributed by atoms with Crippen molar-refractivity contribution in [3.63, 3.8) is 0 Å². The molecule has 2 aromatic rings. The van der Waals surface area contributed by atoms with Gasteiger partial charge in [0.2, 0.25) is 5.91 Å². The van der Waals surface area contributed by atoms with Crippen LogP contribution in [0.25, 0.3) is 10.9 Å². The second-order valence-corrected chi connectivity index (χ2v) is 10.9. The number of benzene rings is 1. The predicted octanol–water partition coefficient (Wildman–Crippen LogP) is 4.66. The number of hydrogen-bond acceptors (Lipinski definition) is 3. The smallest absolute Gasteiger partial charge is 0.224 e. The van der Waals surface area contributed by atoms with Gasteiger partial charge in [-0.25, -0.2) is 0 Å². The van der Waals surface area contributed by atoms with E-state index >= 15 is 0 Å². The summed E-state index contributed by atoms with van der Waals surface area (Å²) in [6.07, 6.45) is 9.52. The van der Waals surface area contributed by atoms with E-state index in [4.69, 9.17) is 5.10 Å². The number of rotatable bonds is 6. The van der Waals surface area contributed by atoms with Crippen LogP contribution in [-0.4, -0.2) is 44.4 Å². The molecule has 3 atom stereocenters. The minimum Gasteiger partial charge on any atom is -0.396 e. The topological polar surface area (TPSA) is 58.4 Å². The minimum absolute atomic E-state index is 0.160. The number of likely N-dealkylation sites (tertiary alicyclic amines) is 1. The average Bonchev–Trinajstić information content (AvgIpc) is 3.51. The van der Waals surface area contributed by atoms with Crippen molar-refractivity contribution in [3.8, 4) is 0 Å². The van der Waals surface area contributed by atoms with Crippen molar-refractivity contribution in [2.45, 2.75) is 95.1 Å². The first-order chi connectivity index (χ1) is 14.9. The van der Waals surface area contributed by atoms with Gasteiger partial charge in [-0.1, -0.05) is 38.8 Å². The van der Waals surface area contributed by atoms with E-state index in [1.807, 2.05) is 11.7 Å². The van der Waals surface area contributed by atoms with E-state index in [9.17, 15) is 9.90 Å². The fourth-order valence-electron chi connectivity index (χ4n) is 6.44. The van der Waals surface area contributed by atoms with Gasteiger partial charge >= 0.3 is 0 Å². The van der Waals surface area contributed by atoms with E-state index in [-0.39, 0.29) is 24.0 Å². The lowest BCUT2D eigenvalue weighted by molar-refractivity contribution is -0.142. The zero-order valence-electron chi connectivity index (χ0n) is 19.3. The van der Waals surface area contributed by atoms with Crippen LogP contribution in [0, 0.1) is 5.92 Å². The Morgan fingerprint density at radius 3 is 2.74 bits per heavy atom. The van der Waals surface area contributed by atoms with Gasteiger partial charge in [-0.15, -0.1) is 0 Å². The van der Waals surface area contributed by atoms with Crippen molar-refractivity contribution >= 4 is 16.8 Å². The van der Waals surface area contributed by atoms with Crippen LogP contribution < -0.4 is 0 Å². The van der Waals surface area contributed by atoms with Gasteiger partial charge in [0.25, 0.3) is 0 Å². The molecule has 1 amide bonds. The fourth-order valence-corrected chi connectivity index (χ4v) is 6.44. The summed E-state index contributed by atoms with van der Waals surface area (Å²) in [6, 6.07) is 7.11. The Morgan fingerprint density at radius 2 is 2.00 bits per heavy atom. The molecule has 0 spiro atoms. The largest absolute Gasteiger partial charge is 0.396 e. The lowest BCUT2D eigenvalue weighted by Crippen LogP contribution is -2.54. The summed E-state index contributed by atoms with van der Waals surface area (Å²) in [5.74, 6) is 1.62. The first-order valence-electron chi connectivity index (χ1n) is 12.3. The monoisotopic (exact) mass is 423 g/mol. The molecule has 2 saturated carbocycles. The van der Waals surface area contributed by atoms with Gasteiger partial charge in [0.15, 0.2) is 0 Å². The third kappa shape index (κ3) is 3.79. The van der Waals surface area contributed by atoms with E-state index in [0.717, 1.165) is 30.9 Å². The second-order valence-electron chi connectivity index (χ2n) is 10.9. The average molecular weight is 424 g/mol. The van der Waals surface area contributed by atoms with Gasteiger partial charge < -0.3 is 10.0 Å². The number of aliphatic hydroxyl groups is 1. The standard InChI is InChI=1S/C26H37N3O2/c1-26(2,25-24-21(18-10-11-18)8-5-9-22(24)28(3)27-25)16-23(31)29-19-7-4-6-17(14-19)15-20(29)12-13-30/h5,8-9,17-20,30H,4,6-7,10-16H2,1-3H3. The van der Waals surface area contributed by atoms with Crippen LogP contribution >= 0.6 is 0 Å². The second kappa shape index (κ2) is 7.91. The molecule has 1 N–H and O–H groups in total. The van der Waals surface area contributed by atoms with Crippen molar-refractivity contribution < 1.29 is 9.90 Å². The number of amides is 1. The van der Waals surface area contributed by atoms with Crippen molar-refractivity contribution in [1.82, 2.24) is 14.7 Å². The van der Waals surface area contributed by atoms with E-state index in [1.54, 1.807) is 0 Å². The van der Waals surface area contributed by atoms with Crippen LogP contribution in [0.1, 0.15) is 88.8 Å². The number of carbonyl (C=O) groups excluding carboxylic acids is 1. The number of aryl methyl sites for hydroxylation is 1. The summed E-state index contributed by atoms with van der Waals surface area (Å²) in [5.41, 5.74) is 3.31. The Balaban J connectivity index is 1.46. The molecule has 5 heteroatoms. The molecule has 3 unspecified atom stereocenters. The van der Waals surface area contributed by atoms with E-state index in [2.05, 4.69) is 36.9 Å². The molecular formula is C26H37N3O2. The third-order valence-electron chi connectivity index (χ3n) is 8.06. The van der Waals surface area contributed by atoms with E-state index in [1.165, 1.54) is 42.1 Å². The number of hydrogen-bond donors (Lipinski definition) is 1. The quantitative estimate of drug-likeness (QED) is 0.735. The maximum Gasteiger partial charge on any atom is 0.224 e. The van der Waals surface area contributed by atoms with Gasteiger partial charge in [0, 0.05) is 43.0 Å². The van der Waals surface area contributed by atoms with Crippen LogP contribution in [0.4, 0.5) is 0 Å². The van der Waals surface area contributed by atoms with Gasteiger partial charge in [-0.05, 0) is 62.0 Å². The van der Waals surface area contributed by atoms with Crippen molar-refractivity contribution in [1.29, 1.82) is 0 Å². The normalized spacial score (nSPS) is 26.5. The highest BCUT2D eigenvalue weighted by Crippen LogP contribution is 2.46. The van der Waals surface area contributed by atoms with Crippen LogP contribution in [0.3, 0.4) is 0 Å². The summed E-state index contributed by atoms with van der Waals surface area (Å²) in [5, 5.41) is 15.9. The Hall–Kier alpha value is -1.88. The summed E-state index contributed by atoms with van der Waals surface area (Å²) < 4.78 is 1.99. The molecule has 1 aromatic carbocycles. The summed E-state index contributed by atoms with van der Waals surface area (Å²) in [6.45, 7) is 4.53. The molecule has 3 fully saturated rings. The highest BCUT2D eigenvalue weighted by Gasteiger charge is 2.42. The Labute approximate surface area is 185 Å². The number of carbonyl (C=O) groups is 1. The highest BCUT2D eigenvalue weighted by molar-refractivity contribution is 5.88. The SMILES string of the molecule is Cn1nc(C(C)(C)CC(=O)N2C(CCO)CC3CCCC2C3)c2c(C3CC3)cccc21. The lowest BCUT2D eigenvalue weighted by Gasteiger charge is -2.49. The molecule has 3 aliphatic rings. The number of piperidine rings is 1. The van der Waals surface area contributed by atoms with Gasteiger partial charge in [0.1, 0.15) is 0 Å². The van der Waals surface area contributed by atoms with Crippen LogP contribution in [0.5, 0.6) is 0 Å². The Morgan fingerprint density at radius 1 is 1.19 bits per heavy atom. The number of fused-ring (bicyclic) bond motifs is 3. The minimum atomic E-state index is -0.336. The lowest BCUT2D eigenvalue weighted by atomic mass is 9.75. The molecular weight excluding hydrogens is 386 g/mol. The zero-order valence-corrected chi connectivity index (χ0v) is 19.3.